The Morgan fingerprint density at radius 1 is 1.05 bits per heavy atom. The van der Waals surface area contributed by atoms with Gasteiger partial charge in [-0.2, -0.15) is 0 Å². The van der Waals surface area contributed by atoms with Crippen molar-refractivity contribution in [3.8, 4) is 5.69 Å². The molecule has 2 aromatic heterocycles. The van der Waals surface area contributed by atoms with Crippen molar-refractivity contribution in [1.82, 2.24) is 19.8 Å². The van der Waals surface area contributed by atoms with Gasteiger partial charge in [0, 0.05) is 40.7 Å². The molecule has 1 aliphatic heterocycles. The van der Waals surface area contributed by atoms with Crippen molar-refractivity contribution in [2.45, 2.75) is 39.3 Å². The van der Waals surface area contributed by atoms with Gasteiger partial charge in [0.15, 0.2) is 5.11 Å². The van der Waals surface area contributed by atoms with E-state index >= 15 is 0 Å². The lowest BCUT2D eigenvalue weighted by atomic mass is 9.96. The molecule has 0 spiro atoms. The van der Waals surface area contributed by atoms with Gasteiger partial charge in [0.05, 0.1) is 23.5 Å². The zero-order valence-corrected chi connectivity index (χ0v) is 24.0. The third-order valence-electron chi connectivity index (χ3n) is 7.00. The molecule has 2 atom stereocenters. The van der Waals surface area contributed by atoms with Crippen LogP contribution in [0.1, 0.15) is 46.7 Å². The summed E-state index contributed by atoms with van der Waals surface area (Å²) < 4.78 is 3.29. The van der Waals surface area contributed by atoms with Crippen molar-refractivity contribution in [3.63, 3.8) is 0 Å². The lowest BCUT2D eigenvalue weighted by Gasteiger charge is -2.28. The van der Waals surface area contributed by atoms with Crippen molar-refractivity contribution in [3.05, 3.63) is 112 Å². The molecular weight excluding hydrogens is 558 g/mol. The van der Waals surface area contributed by atoms with Gasteiger partial charge in [-0.25, -0.2) is 0 Å². The third kappa shape index (κ3) is 5.24. The molecule has 3 heterocycles. The molecule has 0 radical (unpaired) electrons. The highest BCUT2D eigenvalue weighted by molar-refractivity contribution is 9.10. The highest BCUT2D eigenvalue weighted by atomic mass is 79.9. The van der Waals surface area contributed by atoms with Crippen LogP contribution in [0.15, 0.2) is 83.5 Å². The summed E-state index contributed by atoms with van der Waals surface area (Å²) in [5.74, 6) is -0.0459. The van der Waals surface area contributed by atoms with E-state index in [0.29, 0.717) is 18.1 Å². The maximum Gasteiger partial charge on any atom is 0.226 e. The first-order chi connectivity index (χ1) is 18.3. The normalized spacial score (nSPS) is 16.9. The number of aryl methyl sites for hydroxylation is 2. The Morgan fingerprint density at radius 3 is 2.50 bits per heavy atom. The fourth-order valence-electron chi connectivity index (χ4n) is 5.16. The van der Waals surface area contributed by atoms with E-state index in [1.54, 1.807) is 6.20 Å². The van der Waals surface area contributed by atoms with Crippen molar-refractivity contribution < 1.29 is 4.79 Å². The van der Waals surface area contributed by atoms with E-state index in [-0.39, 0.29) is 18.0 Å². The molecule has 38 heavy (non-hydrogen) atoms. The second-order valence-corrected chi connectivity index (χ2v) is 10.8. The minimum absolute atomic E-state index is 0.0459. The number of hydrogen-bond donors (Lipinski definition) is 2. The lowest BCUT2D eigenvalue weighted by molar-refractivity contribution is -0.116. The highest BCUT2D eigenvalue weighted by Gasteiger charge is 2.41. The summed E-state index contributed by atoms with van der Waals surface area (Å²) in [6, 6.07) is 23.9. The summed E-state index contributed by atoms with van der Waals surface area (Å²) in [5, 5.41) is 7.13. The van der Waals surface area contributed by atoms with Gasteiger partial charge >= 0.3 is 0 Å². The van der Waals surface area contributed by atoms with Crippen LogP contribution < -0.4 is 10.6 Å². The van der Waals surface area contributed by atoms with Crippen LogP contribution in [-0.2, 0) is 4.79 Å². The lowest BCUT2D eigenvalue weighted by Crippen LogP contribution is -2.32. The first kappa shape index (κ1) is 26.1. The average Bonchev–Trinajstić information content (AvgIpc) is 3.39. The Balaban J connectivity index is 1.47. The van der Waals surface area contributed by atoms with E-state index in [0.717, 1.165) is 44.1 Å². The molecule has 8 heteroatoms. The number of hydrogen-bond acceptors (Lipinski definition) is 3. The molecule has 2 N–H and O–H groups in total. The van der Waals surface area contributed by atoms with Crippen molar-refractivity contribution in [2.24, 2.45) is 0 Å². The smallest absolute Gasteiger partial charge is 0.226 e. The van der Waals surface area contributed by atoms with Gasteiger partial charge in [-0.3, -0.25) is 9.78 Å². The number of rotatable bonds is 7. The van der Waals surface area contributed by atoms with E-state index in [1.807, 2.05) is 61.5 Å². The Hall–Kier alpha value is -3.49. The van der Waals surface area contributed by atoms with Crippen molar-refractivity contribution >= 4 is 44.9 Å². The Bertz CT molecular complexity index is 1470. The number of pyridine rings is 1. The second kappa shape index (κ2) is 11.1. The number of anilines is 1. The fourth-order valence-corrected chi connectivity index (χ4v) is 5.95. The van der Waals surface area contributed by atoms with E-state index < -0.39 is 0 Å². The van der Waals surface area contributed by atoms with Crippen LogP contribution in [0.2, 0.25) is 0 Å². The largest absolute Gasteiger partial charge is 0.352 e. The van der Waals surface area contributed by atoms with Gasteiger partial charge in [-0.15, -0.1) is 0 Å². The number of carbonyl (C=O) groups is 1. The zero-order valence-electron chi connectivity index (χ0n) is 21.6. The molecule has 0 saturated carbocycles. The van der Waals surface area contributed by atoms with E-state index in [4.69, 9.17) is 12.2 Å². The molecule has 1 saturated heterocycles. The monoisotopic (exact) mass is 587 g/mol. The van der Waals surface area contributed by atoms with Crippen LogP contribution in [0.5, 0.6) is 0 Å². The zero-order chi connectivity index (χ0) is 26.8. The third-order valence-corrected chi connectivity index (χ3v) is 8.02. The summed E-state index contributed by atoms with van der Waals surface area (Å²) in [6.07, 6.45) is 2.11. The Morgan fingerprint density at radius 2 is 1.79 bits per heavy atom. The molecular formula is C30H30BrN5OS. The van der Waals surface area contributed by atoms with Crippen LogP contribution in [-0.4, -0.2) is 32.0 Å². The molecule has 4 aromatic rings. The first-order valence-corrected chi connectivity index (χ1v) is 13.8. The number of nitrogens with one attached hydrogen (secondary N) is 2. The topological polar surface area (TPSA) is 62.2 Å². The van der Waals surface area contributed by atoms with Crippen molar-refractivity contribution in [2.75, 3.05) is 11.9 Å². The fraction of sp³-hybridized carbons (Fsp3) is 0.233. The molecule has 0 aliphatic carbocycles. The second-order valence-electron chi connectivity index (χ2n) is 9.60. The molecule has 6 nitrogen and oxygen atoms in total. The van der Waals surface area contributed by atoms with E-state index in [2.05, 4.69) is 73.1 Å². The number of amides is 1. The van der Waals surface area contributed by atoms with E-state index in [1.165, 1.54) is 0 Å². The number of nitrogens with zero attached hydrogens (tertiary/aromatic N) is 3. The molecule has 1 aliphatic rings. The summed E-state index contributed by atoms with van der Waals surface area (Å²) in [4.78, 5) is 19.7. The molecule has 1 amide bonds. The molecule has 5 rings (SSSR count). The minimum Gasteiger partial charge on any atom is -0.352 e. The number of benzene rings is 2. The summed E-state index contributed by atoms with van der Waals surface area (Å²) in [5.41, 5.74) is 7.35. The van der Waals surface area contributed by atoms with Crippen LogP contribution >= 0.6 is 28.1 Å². The van der Waals surface area contributed by atoms with Crippen LogP contribution in [0.25, 0.3) is 5.69 Å². The minimum atomic E-state index is -0.142. The van der Waals surface area contributed by atoms with Gasteiger partial charge in [0.2, 0.25) is 5.91 Å². The first-order valence-electron chi connectivity index (χ1n) is 12.6. The summed E-state index contributed by atoms with van der Waals surface area (Å²) >= 11 is 9.55. The maximum atomic E-state index is 12.9. The van der Waals surface area contributed by atoms with Crippen LogP contribution in [0.4, 0.5) is 5.69 Å². The number of para-hydroxylation sites is 1. The number of carbonyl (C=O) groups excluding carboxylic acids is 1. The van der Waals surface area contributed by atoms with E-state index in [9.17, 15) is 4.79 Å². The van der Waals surface area contributed by atoms with Gasteiger partial charge in [-0.1, -0.05) is 35.9 Å². The highest BCUT2D eigenvalue weighted by Crippen LogP contribution is 2.42. The van der Waals surface area contributed by atoms with Gasteiger partial charge in [0.25, 0.3) is 0 Å². The molecule has 1 fully saturated rings. The van der Waals surface area contributed by atoms with Crippen molar-refractivity contribution in [1.29, 1.82) is 0 Å². The van der Waals surface area contributed by atoms with Gasteiger partial charge in [-0.05, 0) is 96.9 Å². The number of halogens is 1. The number of aromatic nitrogens is 2. The molecule has 0 bridgehead atoms. The predicted molar refractivity (Wildman–Crippen MR) is 160 cm³/mol. The Kier molecular flexibility index (Phi) is 7.63. The summed E-state index contributed by atoms with van der Waals surface area (Å²) in [7, 11) is 0. The SMILES string of the molecule is Cc1ccc(NC(=O)CCN2C(=S)N[C@@H](c3ccccn3)[C@H]2c2cc(C)n(-c3ccccc3Br)c2C)cc1. The van der Waals surface area contributed by atoms with Crippen LogP contribution in [0.3, 0.4) is 0 Å². The number of thiocarbonyl (C=S) groups is 1. The summed E-state index contributed by atoms with van der Waals surface area (Å²) in [6.45, 7) is 6.77. The predicted octanol–water partition coefficient (Wildman–Crippen LogP) is 6.56. The quantitative estimate of drug-likeness (QED) is 0.240. The van der Waals surface area contributed by atoms with Gasteiger partial charge < -0.3 is 20.1 Å². The van der Waals surface area contributed by atoms with Gasteiger partial charge in [0.1, 0.15) is 0 Å². The maximum absolute atomic E-state index is 12.9. The standard InChI is InChI=1S/C30H30BrN5OS/c1-19-11-13-22(14-12-19)33-27(37)15-17-35-29(28(34-30(35)38)25-9-6-7-16-32-25)23-18-20(2)36(21(23)3)26-10-5-4-8-24(26)31/h4-14,16,18,28-29H,15,17H2,1-3H3,(H,33,37)(H,34,38)/t28-,29+/m0/s1. The average molecular weight is 589 g/mol. The molecule has 194 valence electrons. The van der Waals surface area contributed by atoms with Crippen LogP contribution in [0, 0.1) is 20.8 Å². The molecule has 2 aromatic carbocycles. The molecule has 0 unspecified atom stereocenters. The Labute approximate surface area is 237 Å².